The first-order chi connectivity index (χ1) is 6.73. The fourth-order valence-electron chi connectivity index (χ4n) is 0.767. The van der Waals surface area contributed by atoms with Crippen LogP contribution in [0.25, 0.3) is 0 Å². The van der Waals surface area contributed by atoms with Crippen molar-refractivity contribution in [2.45, 2.75) is 29.3 Å². The van der Waals surface area contributed by atoms with Crippen LogP contribution in [0.1, 0.15) is 13.3 Å². The molecule has 0 aromatic heterocycles. The smallest absolute Gasteiger partial charge is 0.233 e. The average Bonchev–Trinajstić information content (AvgIpc) is 1.99. The Balaban J connectivity index is 4.09. The van der Waals surface area contributed by atoms with Gasteiger partial charge in [0.15, 0.2) is 6.10 Å². The highest BCUT2D eigenvalue weighted by Gasteiger charge is 2.37. The first-order valence-electron chi connectivity index (χ1n) is 4.21. The second-order valence-corrected chi connectivity index (χ2v) is 5.42. The standard InChI is InChI=1S/C7H12Cl3NO4/c1-5(12)2-3-15-6(4-11(13)14)7(8,9)10/h5-6,12H,2-4H2,1H3. The molecule has 0 aliphatic rings. The van der Waals surface area contributed by atoms with Crippen molar-refractivity contribution in [3.05, 3.63) is 10.1 Å². The number of rotatable bonds is 6. The zero-order chi connectivity index (χ0) is 12.1. The summed E-state index contributed by atoms with van der Waals surface area (Å²) in [5.74, 6) is 0. The minimum absolute atomic E-state index is 0.101. The van der Waals surface area contributed by atoms with Gasteiger partial charge in [-0.1, -0.05) is 34.8 Å². The van der Waals surface area contributed by atoms with E-state index in [1.807, 2.05) is 0 Å². The van der Waals surface area contributed by atoms with Gasteiger partial charge in [0.2, 0.25) is 10.3 Å². The summed E-state index contributed by atoms with van der Waals surface area (Å²) in [5.41, 5.74) is 0. The summed E-state index contributed by atoms with van der Waals surface area (Å²) in [4.78, 5) is 9.64. The van der Waals surface area contributed by atoms with Crippen molar-refractivity contribution in [1.82, 2.24) is 0 Å². The quantitative estimate of drug-likeness (QED) is 0.457. The van der Waals surface area contributed by atoms with Crippen LogP contribution in [0, 0.1) is 10.1 Å². The molecule has 0 bridgehead atoms. The highest BCUT2D eigenvalue weighted by Crippen LogP contribution is 2.32. The van der Waals surface area contributed by atoms with E-state index in [-0.39, 0.29) is 6.61 Å². The van der Waals surface area contributed by atoms with Crippen molar-refractivity contribution < 1.29 is 14.8 Å². The maximum absolute atomic E-state index is 10.3. The van der Waals surface area contributed by atoms with Crippen LogP contribution in [0.2, 0.25) is 0 Å². The number of alkyl halides is 3. The number of nitro groups is 1. The Kier molecular flexibility index (Phi) is 6.79. The molecule has 5 nitrogen and oxygen atoms in total. The summed E-state index contributed by atoms with van der Waals surface area (Å²) in [6.07, 6.45) is -1.34. The fraction of sp³-hybridized carbons (Fsp3) is 1.00. The third kappa shape index (κ3) is 8.04. The van der Waals surface area contributed by atoms with Crippen LogP contribution in [0.4, 0.5) is 0 Å². The Morgan fingerprint density at radius 2 is 2.07 bits per heavy atom. The molecule has 0 amide bonds. The number of aliphatic hydroxyl groups excluding tert-OH is 1. The van der Waals surface area contributed by atoms with E-state index >= 15 is 0 Å². The van der Waals surface area contributed by atoms with Gasteiger partial charge in [-0.15, -0.1) is 0 Å². The van der Waals surface area contributed by atoms with Gasteiger partial charge < -0.3 is 9.84 Å². The molecule has 0 aliphatic carbocycles. The Morgan fingerprint density at radius 3 is 2.40 bits per heavy atom. The number of aliphatic hydroxyl groups is 1. The van der Waals surface area contributed by atoms with E-state index < -0.39 is 27.5 Å². The molecule has 1 N–H and O–H groups in total. The molecule has 0 spiro atoms. The monoisotopic (exact) mass is 279 g/mol. The summed E-state index contributed by atoms with van der Waals surface area (Å²) in [7, 11) is 0. The lowest BCUT2D eigenvalue weighted by molar-refractivity contribution is -0.491. The summed E-state index contributed by atoms with van der Waals surface area (Å²) in [6, 6.07) is 0. The van der Waals surface area contributed by atoms with Gasteiger partial charge in [-0.05, 0) is 13.3 Å². The lowest BCUT2D eigenvalue weighted by Gasteiger charge is -2.21. The van der Waals surface area contributed by atoms with Crippen LogP contribution in [0.15, 0.2) is 0 Å². The lowest BCUT2D eigenvalue weighted by atomic mass is 10.3. The minimum Gasteiger partial charge on any atom is -0.393 e. The molecule has 15 heavy (non-hydrogen) atoms. The van der Waals surface area contributed by atoms with Crippen molar-refractivity contribution in [1.29, 1.82) is 0 Å². The second kappa shape index (κ2) is 6.70. The highest BCUT2D eigenvalue weighted by atomic mass is 35.6. The molecule has 0 rings (SSSR count). The molecule has 0 aromatic carbocycles. The predicted octanol–water partition coefficient (Wildman–Crippen LogP) is 1.79. The van der Waals surface area contributed by atoms with E-state index in [1.165, 1.54) is 0 Å². The summed E-state index contributed by atoms with van der Waals surface area (Å²) in [6.45, 7) is 1.08. The lowest BCUT2D eigenvalue weighted by Crippen LogP contribution is -2.36. The van der Waals surface area contributed by atoms with Crippen molar-refractivity contribution in [3.8, 4) is 0 Å². The van der Waals surface area contributed by atoms with Crippen molar-refractivity contribution in [3.63, 3.8) is 0 Å². The highest BCUT2D eigenvalue weighted by molar-refractivity contribution is 6.68. The zero-order valence-electron chi connectivity index (χ0n) is 8.03. The van der Waals surface area contributed by atoms with Gasteiger partial charge >= 0.3 is 0 Å². The van der Waals surface area contributed by atoms with Gasteiger partial charge in [-0.3, -0.25) is 10.1 Å². The second-order valence-electron chi connectivity index (χ2n) is 3.05. The van der Waals surface area contributed by atoms with E-state index in [9.17, 15) is 10.1 Å². The molecular weight excluding hydrogens is 268 g/mol. The largest absolute Gasteiger partial charge is 0.393 e. The van der Waals surface area contributed by atoms with Crippen LogP contribution < -0.4 is 0 Å². The van der Waals surface area contributed by atoms with E-state index in [4.69, 9.17) is 44.6 Å². The Bertz CT molecular complexity index is 207. The van der Waals surface area contributed by atoms with Crippen molar-refractivity contribution >= 4 is 34.8 Å². The maximum Gasteiger partial charge on any atom is 0.233 e. The molecule has 0 fully saturated rings. The van der Waals surface area contributed by atoms with Crippen molar-refractivity contribution in [2.75, 3.05) is 13.2 Å². The van der Waals surface area contributed by atoms with Crippen LogP contribution in [-0.4, -0.2) is 39.2 Å². The SMILES string of the molecule is CC(O)CCOC(C[N+](=O)[O-])C(Cl)(Cl)Cl. The molecule has 90 valence electrons. The van der Waals surface area contributed by atoms with Gasteiger partial charge in [0.1, 0.15) is 0 Å². The number of hydrogen-bond acceptors (Lipinski definition) is 4. The van der Waals surface area contributed by atoms with Gasteiger partial charge in [-0.2, -0.15) is 0 Å². The van der Waals surface area contributed by atoms with Gasteiger partial charge in [0, 0.05) is 11.5 Å². The van der Waals surface area contributed by atoms with E-state index in [0.29, 0.717) is 6.42 Å². The predicted molar refractivity (Wildman–Crippen MR) is 58.2 cm³/mol. The molecule has 8 heteroatoms. The summed E-state index contributed by atoms with van der Waals surface area (Å²) < 4.78 is 3.19. The molecule has 0 aromatic rings. The third-order valence-electron chi connectivity index (χ3n) is 1.53. The Labute approximate surface area is 102 Å². The van der Waals surface area contributed by atoms with E-state index in [1.54, 1.807) is 6.92 Å². The minimum atomic E-state index is -1.84. The van der Waals surface area contributed by atoms with Gasteiger partial charge in [0.05, 0.1) is 6.10 Å². The third-order valence-corrected chi connectivity index (χ3v) is 2.26. The molecule has 0 saturated carbocycles. The molecular formula is C7H12Cl3NO4. The van der Waals surface area contributed by atoms with E-state index in [2.05, 4.69) is 0 Å². The zero-order valence-corrected chi connectivity index (χ0v) is 10.3. The van der Waals surface area contributed by atoms with E-state index in [0.717, 1.165) is 0 Å². The van der Waals surface area contributed by atoms with Crippen LogP contribution in [0.5, 0.6) is 0 Å². The molecule has 2 unspecified atom stereocenters. The maximum atomic E-state index is 10.3. The first-order valence-corrected chi connectivity index (χ1v) is 5.35. The van der Waals surface area contributed by atoms with Crippen LogP contribution in [0.3, 0.4) is 0 Å². The van der Waals surface area contributed by atoms with Gasteiger partial charge in [0.25, 0.3) is 0 Å². The topological polar surface area (TPSA) is 72.6 Å². The number of nitrogens with zero attached hydrogens (tertiary/aromatic N) is 1. The Hall–Kier alpha value is 0.190. The summed E-state index contributed by atoms with van der Waals surface area (Å²) >= 11 is 16.5. The molecule has 2 atom stereocenters. The molecule has 0 saturated heterocycles. The average molecular weight is 281 g/mol. The number of halogens is 3. The Morgan fingerprint density at radius 1 is 1.53 bits per heavy atom. The van der Waals surface area contributed by atoms with Crippen molar-refractivity contribution in [2.24, 2.45) is 0 Å². The molecule has 0 aliphatic heterocycles. The molecule has 0 heterocycles. The fourth-order valence-corrected chi connectivity index (χ4v) is 1.16. The number of ether oxygens (including phenoxy) is 1. The van der Waals surface area contributed by atoms with Gasteiger partial charge in [-0.25, -0.2) is 0 Å². The summed E-state index contributed by atoms with van der Waals surface area (Å²) in [5, 5.41) is 19.2. The number of hydrogen-bond donors (Lipinski definition) is 1. The van der Waals surface area contributed by atoms with Crippen LogP contribution >= 0.6 is 34.8 Å². The first kappa shape index (κ1) is 15.2. The normalized spacial score (nSPS) is 16.1. The van der Waals surface area contributed by atoms with Crippen LogP contribution in [-0.2, 0) is 4.74 Å². The molecule has 0 radical (unpaired) electrons.